The molecule has 1 fully saturated rings. The van der Waals surface area contributed by atoms with Gasteiger partial charge in [0.15, 0.2) is 0 Å². The van der Waals surface area contributed by atoms with Crippen LogP contribution < -0.4 is 29.6 Å². The maximum Gasteiger partial charge on any atom is 1.00 e. The number of carbonyl (C=O) groups excluding carboxylic acids is 1. The number of halogens is 12. The van der Waals surface area contributed by atoms with Crippen LogP contribution in [-0.4, -0.2) is 61.4 Å². The second-order valence-electron chi connectivity index (χ2n) is 5.93. The number of rotatable bonds is 6. The van der Waals surface area contributed by atoms with Crippen molar-refractivity contribution < 1.29 is 100 Å². The van der Waals surface area contributed by atoms with Gasteiger partial charge in [-0.2, -0.15) is 39.4 Å². The average molecular weight is 515 g/mol. The Morgan fingerprint density at radius 3 is 1.61 bits per heavy atom. The fraction of sp³-hybridized carbons (Fsp3) is 0.833. The number of alkyl halides is 10. The second kappa shape index (κ2) is 9.80. The van der Waals surface area contributed by atoms with Crippen LogP contribution in [0, 0.1) is 12.3 Å². The molecule has 0 radical (unpaired) electrons. The van der Waals surface area contributed by atoms with E-state index in [1.807, 2.05) is 0 Å². The molecule has 1 saturated heterocycles. The minimum atomic E-state index is -6.45. The van der Waals surface area contributed by atoms with Gasteiger partial charge in [0.1, 0.15) is 0 Å². The zero-order valence-corrected chi connectivity index (χ0v) is 17.8. The largest absolute Gasteiger partial charge is 1.00 e. The molecule has 0 unspecified atom stereocenters. The molecule has 0 amide bonds. The van der Waals surface area contributed by atoms with E-state index in [0.717, 1.165) is 0 Å². The Labute approximate surface area is 188 Å². The molecule has 0 bridgehead atoms. The van der Waals surface area contributed by atoms with Gasteiger partial charge in [0, 0.05) is 13.1 Å². The molecule has 5 nitrogen and oxygen atoms in total. The summed E-state index contributed by atoms with van der Waals surface area (Å²) in [7, 11) is -6.45. The number of ether oxygens (including phenoxy) is 1. The van der Waals surface area contributed by atoms with Gasteiger partial charge < -0.3 is 13.5 Å². The standard InChI is InChI=1S/C12H10F12NO4S.Na/c13-8(14)9(15,16)12(23,24)30(27,28)25-3-1-5(2-4-25)6(26)29-7(10(17,18)19)11(20,21)22;/h5,7H,1-4H2;/q-1;+1. The first-order valence-corrected chi connectivity index (χ1v) is 8.89. The summed E-state index contributed by atoms with van der Waals surface area (Å²) >= 11 is 0. The van der Waals surface area contributed by atoms with E-state index >= 15 is 0 Å². The fourth-order valence-electron chi connectivity index (χ4n) is 2.30. The Kier molecular flexibility index (Phi) is 9.66. The number of hydrogen-bond donors (Lipinski definition) is 0. The van der Waals surface area contributed by atoms with E-state index in [1.165, 1.54) is 0 Å². The van der Waals surface area contributed by atoms with Crippen LogP contribution in [-0.2, 0) is 19.6 Å². The molecule has 0 spiro atoms. The third-order valence-corrected chi connectivity index (χ3v) is 5.83. The van der Waals surface area contributed by atoms with Crippen molar-refractivity contribution in [2.24, 2.45) is 5.92 Å². The van der Waals surface area contributed by atoms with Crippen LogP contribution in [0.5, 0.6) is 0 Å². The molecule has 0 N–H and O–H groups in total. The van der Waals surface area contributed by atoms with Crippen molar-refractivity contribution in [2.75, 3.05) is 13.1 Å². The predicted molar refractivity (Wildman–Crippen MR) is 70.6 cm³/mol. The molecule has 178 valence electrons. The third-order valence-electron chi connectivity index (χ3n) is 3.88. The molecular formula is C12H10F12NNaO4S. The van der Waals surface area contributed by atoms with E-state index in [9.17, 15) is 65.9 Å². The first kappa shape index (κ1) is 30.5. The van der Waals surface area contributed by atoms with E-state index in [1.54, 1.807) is 0 Å². The molecular weight excluding hydrogens is 505 g/mol. The smallest absolute Gasteiger partial charge is 0.443 e. The van der Waals surface area contributed by atoms with Gasteiger partial charge in [0.2, 0.25) is 0 Å². The molecule has 0 aliphatic carbocycles. The monoisotopic (exact) mass is 515 g/mol. The van der Waals surface area contributed by atoms with E-state index < -0.39 is 88.2 Å². The minimum absolute atomic E-state index is 0. The van der Waals surface area contributed by atoms with Crippen LogP contribution in [0.15, 0.2) is 0 Å². The van der Waals surface area contributed by atoms with E-state index in [2.05, 4.69) is 4.74 Å². The Balaban J connectivity index is 0.00000900. The third kappa shape index (κ3) is 6.32. The Morgan fingerprint density at radius 1 is 0.903 bits per heavy atom. The van der Waals surface area contributed by atoms with Crippen molar-refractivity contribution >= 4 is 16.0 Å². The van der Waals surface area contributed by atoms with Crippen LogP contribution in [0.25, 0.3) is 0 Å². The van der Waals surface area contributed by atoms with Crippen LogP contribution >= 0.6 is 0 Å². The Bertz CT molecular complexity index is 717. The number of nitrogens with zero attached hydrogens (tertiary/aromatic N) is 1. The molecule has 1 rings (SSSR count). The number of piperidine rings is 1. The Hall–Kier alpha value is -0.460. The second-order valence-corrected chi connectivity index (χ2v) is 7.91. The molecule has 0 aromatic heterocycles. The fourth-order valence-corrected chi connectivity index (χ4v) is 3.71. The number of sulfonamides is 1. The minimum Gasteiger partial charge on any atom is -0.443 e. The van der Waals surface area contributed by atoms with Gasteiger partial charge in [-0.05, 0) is 12.8 Å². The van der Waals surface area contributed by atoms with Gasteiger partial charge in [-0.15, -0.1) is 0 Å². The number of esters is 1. The topological polar surface area (TPSA) is 63.7 Å². The molecule has 0 aromatic rings. The molecule has 0 aromatic carbocycles. The van der Waals surface area contributed by atoms with Crippen molar-refractivity contribution in [3.05, 3.63) is 6.43 Å². The first-order valence-electron chi connectivity index (χ1n) is 7.45. The van der Waals surface area contributed by atoms with E-state index in [-0.39, 0.29) is 29.6 Å². The summed E-state index contributed by atoms with van der Waals surface area (Å²) in [5.74, 6) is -10.3. The normalized spacial score (nSPS) is 18.3. The Morgan fingerprint density at radius 2 is 1.29 bits per heavy atom. The van der Waals surface area contributed by atoms with E-state index in [0.29, 0.717) is 0 Å². The predicted octanol–water partition coefficient (Wildman–Crippen LogP) is 0.725. The molecule has 0 atom stereocenters. The van der Waals surface area contributed by atoms with Crippen LogP contribution in [0.3, 0.4) is 0 Å². The average Bonchev–Trinajstić information content (AvgIpc) is 2.56. The van der Waals surface area contributed by atoms with Crippen molar-refractivity contribution in [1.29, 1.82) is 0 Å². The van der Waals surface area contributed by atoms with Gasteiger partial charge in [-0.3, -0.25) is 4.79 Å². The van der Waals surface area contributed by atoms with Gasteiger partial charge in [0.05, 0.1) is 12.3 Å². The summed E-state index contributed by atoms with van der Waals surface area (Å²) in [5, 5.41) is -6.32. The zero-order valence-electron chi connectivity index (χ0n) is 15.0. The summed E-state index contributed by atoms with van der Waals surface area (Å²) in [4.78, 5) is 11.5. The van der Waals surface area contributed by atoms with Crippen LogP contribution in [0.2, 0.25) is 0 Å². The van der Waals surface area contributed by atoms with Crippen molar-refractivity contribution in [1.82, 2.24) is 4.31 Å². The molecule has 19 heteroatoms. The molecule has 1 heterocycles. The molecule has 1 aliphatic rings. The van der Waals surface area contributed by atoms with Crippen molar-refractivity contribution in [2.45, 2.75) is 42.5 Å². The van der Waals surface area contributed by atoms with Crippen LogP contribution in [0.4, 0.5) is 52.7 Å². The van der Waals surface area contributed by atoms with Gasteiger partial charge in [-0.1, -0.05) is 0 Å². The quantitative estimate of drug-likeness (QED) is 0.227. The van der Waals surface area contributed by atoms with E-state index in [4.69, 9.17) is 0 Å². The summed E-state index contributed by atoms with van der Waals surface area (Å²) in [6.45, 7) is -2.52. The number of carbonyl (C=O) groups is 1. The van der Waals surface area contributed by atoms with Crippen LogP contribution in [0.1, 0.15) is 12.8 Å². The maximum absolute atomic E-state index is 13.5. The summed E-state index contributed by atoms with van der Waals surface area (Å²) in [5.41, 5.74) is 0. The van der Waals surface area contributed by atoms with Crippen molar-refractivity contribution in [3.8, 4) is 0 Å². The van der Waals surface area contributed by atoms with Gasteiger partial charge >= 0.3 is 53.1 Å². The zero-order chi connectivity index (χ0) is 23.9. The molecule has 1 aliphatic heterocycles. The van der Waals surface area contributed by atoms with Crippen molar-refractivity contribution in [3.63, 3.8) is 0 Å². The number of hydrogen-bond acceptors (Lipinski definition) is 4. The van der Waals surface area contributed by atoms with Gasteiger partial charge in [0.25, 0.3) is 22.0 Å². The molecule has 31 heavy (non-hydrogen) atoms. The van der Waals surface area contributed by atoms with Gasteiger partial charge in [-0.25, -0.2) is 17.2 Å². The first-order chi connectivity index (χ1) is 13.2. The summed E-state index contributed by atoms with van der Waals surface area (Å²) < 4.78 is 177. The molecule has 0 saturated carbocycles. The SMILES string of the molecule is O=C(OC(C(F)(F)F)C(F)(F)F)C1CCN(S(=O)(=O)C(F)(F)C(F)(F)[C-](F)F)CC1.[Na+]. The summed E-state index contributed by atoms with van der Waals surface area (Å²) in [6.07, 6.45) is -22.8. The summed E-state index contributed by atoms with van der Waals surface area (Å²) in [6, 6.07) is 0. The maximum atomic E-state index is 13.5.